The summed E-state index contributed by atoms with van der Waals surface area (Å²) in [6.07, 6.45) is 0. The fraction of sp³-hybridized carbons (Fsp3) is 0.200. The minimum atomic E-state index is -0.654. The number of nitrogens with one attached hydrogen (secondary N) is 1. The van der Waals surface area contributed by atoms with E-state index in [-0.39, 0.29) is 11.4 Å². The van der Waals surface area contributed by atoms with Gasteiger partial charge in [0, 0.05) is 4.47 Å². The lowest BCUT2D eigenvalue weighted by atomic mass is 10.3. The molecule has 2 aromatic rings. The molecule has 0 aliphatic heterocycles. The van der Waals surface area contributed by atoms with Crippen LogP contribution in [0.15, 0.2) is 16.6 Å². The van der Waals surface area contributed by atoms with Crippen molar-refractivity contribution in [1.29, 1.82) is 0 Å². The summed E-state index contributed by atoms with van der Waals surface area (Å²) in [6.45, 7) is 1.56. The van der Waals surface area contributed by atoms with Crippen LogP contribution in [0.25, 0.3) is 10.2 Å². The Morgan fingerprint density at radius 3 is 3.00 bits per heavy atom. The maximum Gasteiger partial charge on any atom is 0.243 e. The summed E-state index contributed by atoms with van der Waals surface area (Å²) in [4.78, 5) is 15.4. The fourth-order valence-electron chi connectivity index (χ4n) is 1.22. The zero-order valence-corrected chi connectivity index (χ0v) is 11.8. The molecule has 1 N–H and O–H groups in total. The van der Waals surface area contributed by atoms with Gasteiger partial charge < -0.3 is 5.32 Å². The number of aromatic nitrogens is 1. The number of amides is 1. The molecule has 0 saturated heterocycles. The SMILES string of the molecule is C[C@H](Cl)C(=O)Nc1nc2c(F)cc(Br)cc2s1. The first-order valence-electron chi connectivity index (χ1n) is 4.68. The van der Waals surface area contributed by atoms with Crippen LogP contribution in [0.1, 0.15) is 6.92 Å². The number of alkyl halides is 1. The van der Waals surface area contributed by atoms with E-state index in [1.54, 1.807) is 13.0 Å². The third-order valence-corrected chi connectivity index (χ3v) is 3.58. The summed E-state index contributed by atoms with van der Waals surface area (Å²) in [6, 6.07) is 3.08. The van der Waals surface area contributed by atoms with Crippen molar-refractivity contribution < 1.29 is 9.18 Å². The molecule has 3 nitrogen and oxygen atoms in total. The smallest absolute Gasteiger partial charge is 0.243 e. The maximum atomic E-state index is 13.5. The Bertz CT molecular complexity index is 587. The molecule has 1 aromatic carbocycles. The van der Waals surface area contributed by atoms with E-state index in [9.17, 15) is 9.18 Å². The summed E-state index contributed by atoms with van der Waals surface area (Å²) < 4.78 is 14.8. The van der Waals surface area contributed by atoms with E-state index in [0.29, 0.717) is 14.3 Å². The van der Waals surface area contributed by atoms with E-state index in [2.05, 4.69) is 26.2 Å². The Morgan fingerprint density at radius 2 is 2.35 bits per heavy atom. The molecule has 1 atom stereocenters. The normalized spacial score (nSPS) is 12.7. The van der Waals surface area contributed by atoms with Crippen molar-refractivity contribution in [2.45, 2.75) is 12.3 Å². The molecule has 2 rings (SSSR count). The zero-order valence-electron chi connectivity index (χ0n) is 8.63. The number of benzene rings is 1. The van der Waals surface area contributed by atoms with Gasteiger partial charge in [-0.1, -0.05) is 27.3 Å². The fourth-order valence-corrected chi connectivity index (χ4v) is 2.77. The van der Waals surface area contributed by atoms with Gasteiger partial charge in [0.2, 0.25) is 5.91 Å². The summed E-state index contributed by atoms with van der Waals surface area (Å²) in [5, 5.41) is 2.22. The minimum absolute atomic E-state index is 0.246. The molecule has 0 spiro atoms. The second-order valence-corrected chi connectivity index (χ2v) is 5.96. The van der Waals surface area contributed by atoms with Crippen molar-refractivity contribution in [2.24, 2.45) is 0 Å². The van der Waals surface area contributed by atoms with Crippen LogP contribution in [0, 0.1) is 5.82 Å². The topological polar surface area (TPSA) is 42.0 Å². The molecular weight excluding hydrogens is 331 g/mol. The van der Waals surface area contributed by atoms with Crippen molar-refractivity contribution in [2.75, 3.05) is 5.32 Å². The average Bonchev–Trinajstić information content (AvgIpc) is 2.60. The van der Waals surface area contributed by atoms with Crippen molar-refractivity contribution >= 4 is 60.1 Å². The molecular formula is C10H7BrClFN2OS. The average molecular weight is 338 g/mol. The summed E-state index contributed by atoms with van der Waals surface area (Å²) in [5.41, 5.74) is 0.246. The first-order chi connectivity index (χ1) is 7.97. The largest absolute Gasteiger partial charge is 0.301 e. The van der Waals surface area contributed by atoms with Crippen LogP contribution in [0.5, 0.6) is 0 Å². The van der Waals surface area contributed by atoms with Gasteiger partial charge in [0.25, 0.3) is 0 Å². The Morgan fingerprint density at radius 1 is 1.65 bits per heavy atom. The third kappa shape index (κ3) is 2.75. The molecule has 7 heteroatoms. The van der Waals surface area contributed by atoms with E-state index in [4.69, 9.17) is 11.6 Å². The molecule has 0 saturated carbocycles. The van der Waals surface area contributed by atoms with Gasteiger partial charge in [-0.3, -0.25) is 4.79 Å². The Labute approximate surface area is 114 Å². The predicted octanol–water partition coefficient (Wildman–Crippen LogP) is 3.76. The van der Waals surface area contributed by atoms with Crippen molar-refractivity contribution in [3.05, 3.63) is 22.4 Å². The van der Waals surface area contributed by atoms with E-state index in [0.717, 1.165) is 0 Å². The van der Waals surface area contributed by atoms with Gasteiger partial charge >= 0.3 is 0 Å². The van der Waals surface area contributed by atoms with Crippen molar-refractivity contribution in [3.63, 3.8) is 0 Å². The molecule has 0 bridgehead atoms. The monoisotopic (exact) mass is 336 g/mol. The third-order valence-electron chi connectivity index (χ3n) is 2.00. The van der Waals surface area contributed by atoms with Gasteiger partial charge in [0.1, 0.15) is 10.9 Å². The van der Waals surface area contributed by atoms with Gasteiger partial charge in [0.15, 0.2) is 10.9 Å². The Balaban J connectivity index is 2.38. The second-order valence-electron chi connectivity index (χ2n) is 3.36. The molecule has 0 aliphatic rings. The molecule has 0 radical (unpaired) electrons. The van der Waals surface area contributed by atoms with Crippen LogP contribution in [-0.4, -0.2) is 16.3 Å². The van der Waals surface area contributed by atoms with E-state index < -0.39 is 11.2 Å². The van der Waals surface area contributed by atoms with Crippen molar-refractivity contribution in [3.8, 4) is 0 Å². The standard InChI is InChI=1S/C10H7BrClFN2OS/c1-4(12)9(16)15-10-14-8-6(13)2-5(11)3-7(8)17-10/h2-4H,1H3,(H,14,15,16)/t4-/m0/s1. The number of hydrogen-bond donors (Lipinski definition) is 1. The van der Waals surface area contributed by atoms with E-state index >= 15 is 0 Å². The summed E-state index contributed by atoms with van der Waals surface area (Å²) in [5.74, 6) is -0.782. The van der Waals surface area contributed by atoms with Gasteiger partial charge in [-0.15, -0.1) is 11.6 Å². The van der Waals surface area contributed by atoms with Gasteiger partial charge in [-0.2, -0.15) is 0 Å². The van der Waals surface area contributed by atoms with E-state index in [1.165, 1.54) is 17.4 Å². The first-order valence-corrected chi connectivity index (χ1v) is 6.72. The maximum absolute atomic E-state index is 13.5. The molecule has 1 heterocycles. The quantitative estimate of drug-likeness (QED) is 0.848. The zero-order chi connectivity index (χ0) is 12.6. The second kappa shape index (κ2) is 4.88. The first kappa shape index (κ1) is 12.7. The number of carbonyl (C=O) groups excluding carboxylic acids is 1. The number of carbonyl (C=O) groups is 1. The highest BCUT2D eigenvalue weighted by Crippen LogP contribution is 2.30. The van der Waals surface area contributed by atoms with Crippen LogP contribution in [0.4, 0.5) is 9.52 Å². The minimum Gasteiger partial charge on any atom is -0.301 e. The molecule has 0 aliphatic carbocycles. The number of halogens is 3. The lowest BCUT2D eigenvalue weighted by Crippen LogP contribution is -2.20. The lowest BCUT2D eigenvalue weighted by Gasteiger charge is -2.01. The molecule has 0 unspecified atom stereocenters. The predicted molar refractivity (Wildman–Crippen MR) is 71.2 cm³/mol. The Kier molecular flexibility index (Phi) is 3.65. The molecule has 0 fully saturated rings. The van der Waals surface area contributed by atoms with Crippen LogP contribution < -0.4 is 5.32 Å². The van der Waals surface area contributed by atoms with Crippen LogP contribution >= 0.6 is 38.9 Å². The molecule has 17 heavy (non-hydrogen) atoms. The van der Waals surface area contributed by atoms with Crippen LogP contribution in [0.2, 0.25) is 0 Å². The van der Waals surface area contributed by atoms with Crippen molar-refractivity contribution in [1.82, 2.24) is 4.98 Å². The lowest BCUT2D eigenvalue weighted by molar-refractivity contribution is -0.115. The number of hydrogen-bond acceptors (Lipinski definition) is 3. The van der Waals surface area contributed by atoms with Crippen LogP contribution in [-0.2, 0) is 4.79 Å². The number of nitrogens with zero attached hydrogens (tertiary/aromatic N) is 1. The highest BCUT2D eigenvalue weighted by atomic mass is 79.9. The van der Waals surface area contributed by atoms with Gasteiger partial charge in [-0.25, -0.2) is 9.37 Å². The van der Waals surface area contributed by atoms with E-state index in [1.807, 2.05) is 0 Å². The number of anilines is 1. The summed E-state index contributed by atoms with van der Waals surface area (Å²) >= 11 is 10.0. The molecule has 1 amide bonds. The van der Waals surface area contributed by atoms with Crippen LogP contribution in [0.3, 0.4) is 0 Å². The van der Waals surface area contributed by atoms with Gasteiger partial charge in [-0.05, 0) is 19.1 Å². The Hall–Kier alpha value is -0.720. The summed E-state index contributed by atoms with van der Waals surface area (Å²) in [7, 11) is 0. The highest BCUT2D eigenvalue weighted by molar-refractivity contribution is 9.10. The molecule has 1 aromatic heterocycles. The highest BCUT2D eigenvalue weighted by Gasteiger charge is 2.14. The number of rotatable bonds is 2. The number of thiazole rings is 1. The molecule has 90 valence electrons. The van der Waals surface area contributed by atoms with Gasteiger partial charge in [0.05, 0.1) is 4.70 Å². The number of fused-ring (bicyclic) bond motifs is 1.